The van der Waals surface area contributed by atoms with E-state index in [1.165, 1.54) is 0 Å². The van der Waals surface area contributed by atoms with Gasteiger partial charge < -0.3 is 5.11 Å². The molecule has 0 aliphatic rings. The molecule has 0 unspecified atom stereocenters. The zero-order valence-corrected chi connectivity index (χ0v) is 13.9. The first kappa shape index (κ1) is 21.8. The van der Waals surface area contributed by atoms with Crippen molar-refractivity contribution in [1.29, 1.82) is 0 Å². The smallest absolute Gasteiger partial charge is 0.0856 e. The topological polar surface area (TPSA) is 20.2 Å². The molecule has 0 spiro atoms. The van der Waals surface area contributed by atoms with Crippen molar-refractivity contribution < 1.29 is 5.11 Å². The first-order valence-electron chi connectivity index (χ1n) is 6.73. The Hall–Kier alpha value is -0.460. The van der Waals surface area contributed by atoms with Gasteiger partial charge in [0.15, 0.2) is 0 Å². The van der Waals surface area contributed by atoms with Gasteiger partial charge in [0.05, 0.1) is 5.76 Å². The molecule has 0 aliphatic heterocycles. The Balaban J connectivity index is -0.000000202. The van der Waals surface area contributed by atoms with Crippen molar-refractivity contribution in [3.05, 3.63) is 12.3 Å². The molecule has 106 valence electrons. The van der Waals surface area contributed by atoms with Gasteiger partial charge in [0.25, 0.3) is 0 Å². The van der Waals surface area contributed by atoms with Crippen LogP contribution in [0.15, 0.2) is 12.3 Å². The second kappa shape index (κ2) is 9.56. The Kier molecular flexibility index (Phi) is 12.2. The van der Waals surface area contributed by atoms with Gasteiger partial charge >= 0.3 is 0 Å². The third-order valence-electron chi connectivity index (χ3n) is 2.47. The SMILES string of the molecule is C=C(O)CC(C)(C)C.CC.CC(C)C(C)(C)C. The summed E-state index contributed by atoms with van der Waals surface area (Å²) in [5.74, 6) is 1.07. The molecule has 0 heterocycles. The highest BCUT2D eigenvalue weighted by molar-refractivity contribution is 4.84. The van der Waals surface area contributed by atoms with E-state index in [0.717, 1.165) is 5.92 Å². The third kappa shape index (κ3) is 25.6. The molecule has 1 heteroatoms. The normalized spacial score (nSPS) is 11.0. The summed E-state index contributed by atoms with van der Waals surface area (Å²) in [4.78, 5) is 0. The summed E-state index contributed by atoms with van der Waals surface area (Å²) < 4.78 is 0. The molecule has 0 atom stereocenters. The molecule has 0 aromatic rings. The number of rotatable bonds is 1. The van der Waals surface area contributed by atoms with Crippen molar-refractivity contribution in [1.82, 2.24) is 0 Å². The molecule has 0 aromatic heterocycles. The maximum Gasteiger partial charge on any atom is 0.0856 e. The highest BCUT2D eigenvalue weighted by atomic mass is 16.3. The van der Waals surface area contributed by atoms with Gasteiger partial charge in [0, 0.05) is 6.42 Å². The molecule has 1 N–H and O–H groups in total. The molecular formula is C16H36O. The van der Waals surface area contributed by atoms with E-state index in [-0.39, 0.29) is 11.2 Å². The Labute approximate surface area is 110 Å². The van der Waals surface area contributed by atoms with Crippen LogP contribution in [0.25, 0.3) is 0 Å². The lowest BCUT2D eigenvalue weighted by molar-refractivity contribution is 0.283. The van der Waals surface area contributed by atoms with Gasteiger partial charge in [-0.1, -0.05) is 75.8 Å². The number of hydrogen-bond donors (Lipinski definition) is 1. The first-order valence-corrected chi connectivity index (χ1v) is 6.73. The minimum atomic E-state index is 0.172. The average molecular weight is 244 g/mol. The van der Waals surface area contributed by atoms with Crippen molar-refractivity contribution in [2.75, 3.05) is 0 Å². The van der Waals surface area contributed by atoms with Crippen molar-refractivity contribution in [3.63, 3.8) is 0 Å². The van der Waals surface area contributed by atoms with Gasteiger partial charge in [0.1, 0.15) is 0 Å². The van der Waals surface area contributed by atoms with Gasteiger partial charge in [-0.2, -0.15) is 0 Å². The van der Waals surface area contributed by atoms with Crippen LogP contribution in [-0.2, 0) is 0 Å². The van der Waals surface area contributed by atoms with Crippen molar-refractivity contribution >= 4 is 0 Å². The van der Waals surface area contributed by atoms with E-state index < -0.39 is 0 Å². The van der Waals surface area contributed by atoms with Gasteiger partial charge in [-0.3, -0.25) is 0 Å². The van der Waals surface area contributed by atoms with Crippen LogP contribution in [0.2, 0.25) is 0 Å². The molecule has 0 amide bonds. The predicted molar refractivity (Wildman–Crippen MR) is 81.5 cm³/mol. The predicted octanol–water partition coefficient (Wildman–Crippen LogP) is 6.21. The minimum absolute atomic E-state index is 0.172. The van der Waals surface area contributed by atoms with Crippen LogP contribution >= 0.6 is 0 Å². The van der Waals surface area contributed by atoms with Crippen LogP contribution < -0.4 is 0 Å². The third-order valence-corrected chi connectivity index (χ3v) is 2.47. The number of hydrogen-bond acceptors (Lipinski definition) is 1. The van der Waals surface area contributed by atoms with Gasteiger partial charge in [-0.15, -0.1) is 0 Å². The Bertz CT molecular complexity index is 177. The van der Waals surface area contributed by atoms with E-state index >= 15 is 0 Å². The number of aliphatic hydroxyl groups excluding tert-OH is 1. The van der Waals surface area contributed by atoms with Crippen LogP contribution in [0.4, 0.5) is 0 Å². The molecular weight excluding hydrogens is 208 g/mol. The molecule has 0 radical (unpaired) electrons. The monoisotopic (exact) mass is 244 g/mol. The van der Waals surface area contributed by atoms with E-state index in [9.17, 15) is 0 Å². The lowest BCUT2D eigenvalue weighted by Gasteiger charge is -2.22. The van der Waals surface area contributed by atoms with E-state index in [1.54, 1.807) is 0 Å². The fourth-order valence-corrected chi connectivity index (χ4v) is 0.612. The summed E-state index contributed by atoms with van der Waals surface area (Å²) in [5.41, 5.74) is 0.672. The molecule has 1 nitrogen and oxygen atoms in total. The first-order chi connectivity index (χ1) is 7.36. The van der Waals surface area contributed by atoms with Gasteiger partial charge in [-0.05, 0) is 16.7 Å². The van der Waals surface area contributed by atoms with Crippen LogP contribution in [0, 0.1) is 16.7 Å². The fourth-order valence-electron chi connectivity index (χ4n) is 0.612. The summed E-state index contributed by atoms with van der Waals surface area (Å²) >= 11 is 0. The van der Waals surface area contributed by atoms with Gasteiger partial charge in [0.2, 0.25) is 0 Å². The van der Waals surface area contributed by atoms with E-state index in [0.29, 0.717) is 11.8 Å². The summed E-state index contributed by atoms with van der Waals surface area (Å²) in [6.45, 7) is 24.9. The molecule has 0 saturated carbocycles. The van der Waals surface area contributed by atoms with Gasteiger partial charge in [-0.25, -0.2) is 0 Å². The number of aliphatic hydroxyl groups is 1. The van der Waals surface area contributed by atoms with Crippen LogP contribution in [0.3, 0.4) is 0 Å². The minimum Gasteiger partial charge on any atom is -0.513 e. The lowest BCUT2D eigenvalue weighted by Crippen LogP contribution is -2.12. The van der Waals surface area contributed by atoms with Crippen LogP contribution in [0.1, 0.15) is 75.7 Å². The fraction of sp³-hybridized carbons (Fsp3) is 0.875. The summed E-state index contributed by atoms with van der Waals surface area (Å²) in [5, 5.41) is 8.69. The quantitative estimate of drug-likeness (QED) is 0.544. The average Bonchev–Trinajstić information content (AvgIpc) is 2.02. The molecule has 0 bridgehead atoms. The standard InChI is InChI=1S/C7H14O.C7H16.C2H6/c1-6(8)5-7(2,3)4;1-6(2)7(3,4)5;1-2/h8H,1,5H2,2-4H3;6H,1-5H3;1-2H3. The molecule has 0 rings (SSSR count). The summed E-state index contributed by atoms with van der Waals surface area (Å²) in [7, 11) is 0. The highest BCUT2D eigenvalue weighted by Gasteiger charge is 2.13. The van der Waals surface area contributed by atoms with Crippen LogP contribution in [-0.4, -0.2) is 5.11 Å². The zero-order chi connectivity index (χ0) is 14.9. The van der Waals surface area contributed by atoms with Crippen molar-refractivity contribution in [2.45, 2.75) is 75.7 Å². The Morgan fingerprint density at radius 3 is 1.24 bits per heavy atom. The van der Waals surface area contributed by atoms with E-state index in [2.05, 4.69) is 62.0 Å². The summed E-state index contributed by atoms with van der Waals surface area (Å²) in [6.07, 6.45) is 0.687. The Morgan fingerprint density at radius 1 is 1.00 bits per heavy atom. The second-order valence-electron chi connectivity index (χ2n) is 6.82. The summed E-state index contributed by atoms with van der Waals surface area (Å²) in [6, 6.07) is 0. The maximum absolute atomic E-state index is 8.69. The molecule has 0 aliphatic carbocycles. The van der Waals surface area contributed by atoms with Crippen molar-refractivity contribution in [2.24, 2.45) is 16.7 Å². The van der Waals surface area contributed by atoms with E-state index in [4.69, 9.17) is 5.11 Å². The maximum atomic E-state index is 8.69. The Morgan fingerprint density at radius 2 is 1.24 bits per heavy atom. The lowest BCUT2D eigenvalue weighted by atomic mass is 9.84. The van der Waals surface area contributed by atoms with Crippen LogP contribution in [0.5, 0.6) is 0 Å². The van der Waals surface area contributed by atoms with E-state index in [1.807, 2.05) is 13.8 Å². The molecule has 0 saturated heterocycles. The molecule has 0 aromatic carbocycles. The number of allylic oxidation sites excluding steroid dienone is 1. The van der Waals surface area contributed by atoms with Crippen molar-refractivity contribution in [3.8, 4) is 0 Å². The highest BCUT2D eigenvalue weighted by Crippen LogP contribution is 2.23. The largest absolute Gasteiger partial charge is 0.513 e. The molecule has 0 fully saturated rings. The zero-order valence-electron chi connectivity index (χ0n) is 13.9. The second-order valence-corrected chi connectivity index (χ2v) is 6.82. The molecule has 17 heavy (non-hydrogen) atoms.